The molecule has 0 aromatic rings. The molecule has 0 spiro atoms. The van der Waals surface area contributed by atoms with Crippen LogP contribution in [0, 0.1) is 0 Å². The van der Waals surface area contributed by atoms with Gasteiger partial charge in [-0.25, -0.2) is 0 Å². The lowest BCUT2D eigenvalue weighted by molar-refractivity contribution is 0.331. The number of hydrogen-bond donors (Lipinski definition) is 1. The lowest BCUT2D eigenvalue weighted by Crippen LogP contribution is -1.81. The molecule has 8 heavy (non-hydrogen) atoms. The third-order valence-corrected chi connectivity index (χ3v) is 1.56. The average Bonchev–Trinajstić information content (AvgIpc) is 1.66. The molecule has 0 saturated carbocycles. The summed E-state index contributed by atoms with van der Waals surface area (Å²) in [5.41, 5.74) is 0. The van der Waals surface area contributed by atoms with Crippen molar-refractivity contribution in [3.8, 4) is 0 Å². The number of unbranched alkanes of at least 4 members (excludes halogenated alkanes) is 1. The largest absolute Gasteiger partial charge is 0.323 e. The highest BCUT2D eigenvalue weighted by Crippen LogP contribution is 2.26. The smallest absolute Gasteiger partial charge is 0.243 e. The molecule has 50 valence electrons. The van der Waals surface area contributed by atoms with E-state index in [1.54, 1.807) is 0 Å². The first-order chi connectivity index (χ1) is 3.77. The van der Waals surface area contributed by atoms with Crippen LogP contribution in [0.25, 0.3) is 0 Å². The van der Waals surface area contributed by atoms with Gasteiger partial charge < -0.3 is 4.52 Å². The highest BCUT2D eigenvalue weighted by molar-refractivity contribution is 8.39. The summed E-state index contributed by atoms with van der Waals surface area (Å²) in [7, 11) is -1.96. The molecule has 0 rings (SSSR count). The van der Waals surface area contributed by atoms with E-state index in [0.717, 1.165) is 12.8 Å². The van der Waals surface area contributed by atoms with Crippen LogP contribution in [0.3, 0.4) is 0 Å². The van der Waals surface area contributed by atoms with E-state index >= 15 is 0 Å². The molecule has 0 aliphatic heterocycles. The Labute approximate surface area is 55.6 Å². The molecule has 0 radical (unpaired) electrons. The van der Waals surface area contributed by atoms with Gasteiger partial charge >= 0.3 is 0 Å². The van der Waals surface area contributed by atoms with Crippen LogP contribution in [-0.2, 0) is 9.09 Å². The minimum Gasteiger partial charge on any atom is -0.323 e. The standard InChI is InChI=1S/C4H11O2PS/c1-2-3-4-6-7(5)8/h7H,2-4H2,1H3,(H,5,8). The zero-order valence-electron chi connectivity index (χ0n) is 4.89. The van der Waals surface area contributed by atoms with Crippen molar-refractivity contribution in [3.05, 3.63) is 0 Å². The minimum absolute atomic E-state index is 0.581. The van der Waals surface area contributed by atoms with Crippen LogP contribution >= 0.6 is 19.5 Å². The number of thiol groups is 1. The first-order valence-corrected chi connectivity index (χ1v) is 5.23. The maximum absolute atomic E-state index is 10.1. The molecule has 0 heterocycles. The molecule has 0 bridgehead atoms. The van der Waals surface area contributed by atoms with Crippen LogP contribution in [-0.4, -0.2) is 6.61 Å². The van der Waals surface area contributed by atoms with E-state index < -0.39 is 7.23 Å². The lowest BCUT2D eigenvalue weighted by Gasteiger charge is -1.94. The summed E-state index contributed by atoms with van der Waals surface area (Å²) in [6, 6.07) is 0. The number of hydrogen-bond acceptors (Lipinski definition) is 2. The van der Waals surface area contributed by atoms with Crippen molar-refractivity contribution in [2.45, 2.75) is 19.8 Å². The van der Waals surface area contributed by atoms with Gasteiger partial charge in [0.1, 0.15) is 0 Å². The molecule has 1 atom stereocenters. The van der Waals surface area contributed by atoms with Crippen LogP contribution in [0.4, 0.5) is 0 Å². The van der Waals surface area contributed by atoms with Crippen LogP contribution in [0.5, 0.6) is 0 Å². The molecule has 0 fully saturated rings. The molecular weight excluding hydrogens is 143 g/mol. The van der Waals surface area contributed by atoms with E-state index in [-0.39, 0.29) is 0 Å². The van der Waals surface area contributed by atoms with Gasteiger partial charge in [-0.15, -0.1) is 0 Å². The number of rotatable bonds is 4. The van der Waals surface area contributed by atoms with Gasteiger partial charge in [0, 0.05) is 0 Å². The Hall–Kier alpha value is 0.540. The zero-order valence-corrected chi connectivity index (χ0v) is 6.78. The fraction of sp³-hybridized carbons (Fsp3) is 1.00. The third kappa shape index (κ3) is 6.54. The Morgan fingerprint density at radius 3 is 2.75 bits per heavy atom. The van der Waals surface area contributed by atoms with Gasteiger partial charge in [-0.1, -0.05) is 25.6 Å². The van der Waals surface area contributed by atoms with Gasteiger partial charge in [-0.3, -0.25) is 4.57 Å². The Kier molecular flexibility index (Phi) is 6.06. The summed E-state index contributed by atoms with van der Waals surface area (Å²) in [4.78, 5) is 0. The van der Waals surface area contributed by atoms with Crippen molar-refractivity contribution < 1.29 is 9.09 Å². The van der Waals surface area contributed by atoms with E-state index in [9.17, 15) is 4.57 Å². The van der Waals surface area contributed by atoms with E-state index in [2.05, 4.69) is 19.2 Å². The SMILES string of the molecule is CCCCO[PH](=O)S. The predicted molar refractivity (Wildman–Crippen MR) is 38.8 cm³/mol. The molecule has 0 aromatic carbocycles. The fourth-order valence-corrected chi connectivity index (χ4v) is 0.897. The lowest BCUT2D eigenvalue weighted by atomic mass is 10.4. The summed E-state index contributed by atoms with van der Waals surface area (Å²) in [5.74, 6) is 0. The molecule has 1 unspecified atom stereocenters. The van der Waals surface area contributed by atoms with Crippen molar-refractivity contribution in [3.63, 3.8) is 0 Å². The van der Waals surface area contributed by atoms with Gasteiger partial charge in [0.2, 0.25) is 7.23 Å². The van der Waals surface area contributed by atoms with Gasteiger partial charge in [0.25, 0.3) is 0 Å². The molecule has 0 aliphatic rings. The van der Waals surface area contributed by atoms with E-state index in [0.29, 0.717) is 6.61 Å². The predicted octanol–water partition coefficient (Wildman–Crippen LogP) is 2.12. The Morgan fingerprint density at radius 1 is 1.75 bits per heavy atom. The third-order valence-electron chi connectivity index (χ3n) is 0.723. The first-order valence-electron chi connectivity index (χ1n) is 2.63. The zero-order chi connectivity index (χ0) is 6.41. The normalized spacial score (nSPS) is 13.8. The van der Waals surface area contributed by atoms with Crippen molar-refractivity contribution in [2.75, 3.05) is 6.61 Å². The average molecular weight is 154 g/mol. The van der Waals surface area contributed by atoms with Gasteiger partial charge in [0.05, 0.1) is 6.61 Å². The first kappa shape index (κ1) is 8.54. The van der Waals surface area contributed by atoms with Crippen molar-refractivity contribution in [1.29, 1.82) is 0 Å². The monoisotopic (exact) mass is 154 g/mol. The quantitative estimate of drug-likeness (QED) is 0.381. The highest BCUT2D eigenvalue weighted by atomic mass is 32.7. The second-order valence-electron chi connectivity index (χ2n) is 1.47. The molecule has 0 saturated heterocycles. The second-order valence-corrected chi connectivity index (χ2v) is 3.38. The van der Waals surface area contributed by atoms with E-state index in [1.807, 2.05) is 0 Å². The van der Waals surface area contributed by atoms with Crippen molar-refractivity contribution in [1.82, 2.24) is 0 Å². The van der Waals surface area contributed by atoms with Crippen molar-refractivity contribution >= 4 is 19.5 Å². The maximum Gasteiger partial charge on any atom is 0.243 e. The van der Waals surface area contributed by atoms with Gasteiger partial charge in [-0.2, -0.15) is 0 Å². The molecule has 0 aliphatic carbocycles. The van der Waals surface area contributed by atoms with Crippen molar-refractivity contribution in [2.24, 2.45) is 0 Å². The van der Waals surface area contributed by atoms with Gasteiger partial charge in [-0.05, 0) is 6.42 Å². The molecule has 4 heteroatoms. The van der Waals surface area contributed by atoms with E-state index in [4.69, 9.17) is 4.52 Å². The second kappa shape index (κ2) is 5.67. The molecular formula is C4H11O2PS. The molecule has 0 amide bonds. The summed E-state index contributed by atoms with van der Waals surface area (Å²) in [6.07, 6.45) is 2.04. The van der Waals surface area contributed by atoms with Crippen LogP contribution in [0.2, 0.25) is 0 Å². The summed E-state index contributed by atoms with van der Waals surface area (Å²) in [5, 5.41) is 0. The fourth-order valence-electron chi connectivity index (χ4n) is 0.304. The summed E-state index contributed by atoms with van der Waals surface area (Å²) in [6.45, 7) is 2.64. The Bertz CT molecular complexity index is 76.4. The molecule has 0 aromatic heterocycles. The van der Waals surface area contributed by atoms with Crippen LogP contribution in [0.15, 0.2) is 0 Å². The molecule has 0 N–H and O–H groups in total. The highest BCUT2D eigenvalue weighted by Gasteiger charge is 1.87. The van der Waals surface area contributed by atoms with E-state index in [1.165, 1.54) is 0 Å². The van der Waals surface area contributed by atoms with Crippen LogP contribution < -0.4 is 0 Å². The summed E-state index contributed by atoms with van der Waals surface area (Å²) < 4.78 is 14.8. The Balaban J connectivity index is 2.82. The topological polar surface area (TPSA) is 26.3 Å². The maximum atomic E-state index is 10.1. The van der Waals surface area contributed by atoms with Gasteiger partial charge in [0.15, 0.2) is 0 Å². The molecule has 2 nitrogen and oxygen atoms in total. The Morgan fingerprint density at radius 2 is 2.38 bits per heavy atom. The summed E-state index contributed by atoms with van der Waals surface area (Å²) >= 11 is 3.59. The minimum atomic E-state index is -1.96. The van der Waals surface area contributed by atoms with Crippen LogP contribution in [0.1, 0.15) is 19.8 Å².